The largest absolute Gasteiger partial charge is 0.416 e. The van der Waals surface area contributed by atoms with E-state index in [0.29, 0.717) is 0 Å². The van der Waals surface area contributed by atoms with Gasteiger partial charge in [0, 0.05) is 5.69 Å². The number of hydrogen-bond donors (Lipinski definition) is 3. The van der Waals surface area contributed by atoms with Crippen molar-refractivity contribution in [2.24, 2.45) is 0 Å². The van der Waals surface area contributed by atoms with Crippen LogP contribution < -0.4 is 10.6 Å². The van der Waals surface area contributed by atoms with Crippen molar-refractivity contribution < 1.29 is 32.5 Å². The second-order valence-corrected chi connectivity index (χ2v) is 7.30. The van der Waals surface area contributed by atoms with E-state index in [9.17, 15) is 23.1 Å². The van der Waals surface area contributed by atoms with Crippen LogP contribution in [0.25, 0.3) is 0 Å². The van der Waals surface area contributed by atoms with Gasteiger partial charge >= 0.3 is 12.2 Å². The second-order valence-electron chi connectivity index (χ2n) is 7.30. The summed E-state index contributed by atoms with van der Waals surface area (Å²) < 4.78 is 49.9. The van der Waals surface area contributed by atoms with E-state index in [1.54, 1.807) is 0 Å². The van der Waals surface area contributed by atoms with Crippen LogP contribution in [0.15, 0.2) is 24.3 Å². The predicted octanol–water partition coefficient (Wildman–Crippen LogP) is 1.78. The Hall–Kier alpha value is -1.88. The summed E-state index contributed by atoms with van der Waals surface area (Å²) in [6, 6.07) is 2.54. The van der Waals surface area contributed by atoms with Crippen LogP contribution in [0.2, 0.25) is 0 Å². The summed E-state index contributed by atoms with van der Waals surface area (Å²) in [5.74, 6) is 0. The van der Waals surface area contributed by atoms with Gasteiger partial charge in [-0.1, -0.05) is 6.07 Å². The van der Waals surface area contributed by atoms with Gasteiger partial charge in [0.05, 0.1) is 30.4 Å². The number of nitrogens with one attached hydrogen (secondary N) is 2. The number of aliphatic hydroxyl groups is 1. The van der Waals surface area contributed by atoms with E-state index < -0.39 is 42.3 Å². The SMILES string of the molecule is O=C(Nc1cccc(C(F)(F)F)c1)N[C@H]1[C@H](O)[C@@H](N2CCCC2)[C@@H]2OC[C@H]1O2. The van der Waals surface area contributed by atoms with Crippen LogP contribution in [0.3, 0.4) is 0 Å². The molecule has 3 fully saturated rings. The number of likely N-dealkylation sites (tertiary alicyclic amines) is 1. The van der Waals surface area contributed by atoms with E-state index in [-0.39, 0.29) is 18.3 Å². The molecule has 0 aromatic heterocycles. The zero-order valence-electron chi connectivity index (χ0n) is 15.0. The van der Waals surface area contributed by atoms with E-state index in [0.717, 1.165) is 38.1 Å². The summed E-state index contributed by atoms with van der Waals surface area (Å²) in [6.45, 7) is 1.87. The molecular weight excluding hydrogens is 379 g/mol. The number of aliphatic hydroxyl groups excluding tert-OH is 1. The number of carbonyl (C=O) groups is 1. The van der Waals surface area contributed by atoms with Crippen molar-refractivity contribution >= 4 is 11.7 Å². The van der Waals surface area contributed by atoms with Crippen LogP contribution in [0.4, 0.5) is 23.7 Å². The first-order valence-electron chi connectivity index (χ1n) is 9.27. The number of ether oxygens (including phenoxy) is 2. The number of nitrogens with zero attached hydrogens (tertiary/aromatic N) is 1. The van der Waals surface area contributed by atoms with Gasteiger partial charge in [-0.25, -0.2) is 4.79 Å². The minimum absolute atomic E-state index is 0.00943. The molecule has 154 valence electrons. The summed E-state index contributed by atoms with van der Waals surface area (Å²) in [7, 11) is 0. The summed E-state index contributed by atoms with van der Waals surface area (Å²) in [5.41, 5.74) is -0.845. The van der Waals surface area contributed by atoms with Gasteiger partial charge in [-0.15, -0.1) is 0 Å². The van der Waals surface area contributed by atoms with Crippen molar-refractivity contribution in [1.29, 1.82) is 0 Å². The molecule has 3 aliphatic heterocycles. The van der Waals surface area contributed by atoms with Crippen LogP contribution in [-0.4, -0.2) is 66.3 Å². The van der Waals surface area contributed by atoms with Crippen LogP contribution in [0.5, 0.6) is 0 Å². The van der Waals surface area contributed by atoms with E-state index in [4.69, 9.17) is 9.47 Å². The quantitative estimate of drug-likeness (QED) is 0.719. The molecule has 3 saturated heterocycles. The molecule has 5 atom stereocenters. The summed E-state index contributed by atoms with van der Waals surface area (Å²) in [6.07, 6.45) is -4.41. The van der Waals surface area contributed by atoms with Crippen LogP contribution in [0.1, 0.15) is 18.4 Å². The Morgan fingerprint density at radius 1 is 1.25 bits per heavy atom. The van der Waals surface area contributed by atoms with Gasteiger partial charge in [0.25, 0.3) is 0 Å². The van der Waals surface area contributed by atoms with Gasteiger partial charge < -0.3 is 25.2 Å². The first kappa shape index (κ1) is 19.4. The highest BCUT2D eigenvalue weighted by Crippen LogP contribution is 2.33. The Labute approximate surface area is 159 Å². The lowest BCUT2D eigenvalue weighted by Gasteiger charge is -2.42. The van der Waals surface area contributed by atoms with Crippen LogP contribution >= 0.6 is 0 Å². The third-order valence-electron chi connectivity index (χ3n) is 5.44. The Morgan fingerprint density at radius 3 is 2.71 bits per heavy atom. The monoisotopic (exact) mass is 401 g/mol. The van der Waals surface area contributed by atoms with Crippen molar-refractivity contribution in [3.8, 4) is 0 Å². The first-order chi connectivity index (χ1) is 13.3. The second kappa shape index (κ2) is 7.51. The zero-order chi connectivity index (χ0) is 19.9. The third kappa shape index (κ3) is 3.82. The average molecular weight is 401 g/mol. The Morgan fingerprint density at radius 2 is 2.00 bits per heavy atom. The molecule has 0 radical (unpaired) electrons. The van der Waals surface area contributed by atoms with Gasteiger partial charge in [-0.05, 0) is 44.1 Å². The van der Waals surface area contributed by atoms with Crippen molar-refractivity contribution in [2.45, 2.75) is 49.6 Å². The zero-order valence-corrected chi connectivity index (χ0v) is 15.0. The smallest absolute Gasteiger partial charge is 0.389 e. The predicted molar refractivity (Wildman–Crippen MR) is 92.6 cm³/mol. The van der Waals surface area contributed by atoms with Gasteiger partial charge in [-0.3, -0.25) is 4.90 Å². The maximum absolute atomic E-state index is 12.8. The number of hydrogen-bond acceptors (Lipinski definition) is 5. The van der Waals surface area contributed by atoms with E-state index in [2.05, 4.69) is 15.5 Å². The Balaban J connectivity index is 1.43. The molecule has 4 rings (SSSR count). The third-order valence-corrected chi connectivity index (χ3v) is 5.44. The van der Waals surface area contributed by atoms with Crippen molar-refractivity contribution in [3.05, 3.63) is 29.8 Å². The van der Waals surface area contributed by atoms with E-state index in [1.807, 2.05) is 0 Å². The molecular formula is C18H22F3N3O4. The lowest BCUT2D eigenvalue weighted by Crippen LogP contribution is -2.65. The number of carbonyl (C=O) groups excluding carboxylic acids is 1. The Bertz CT molecular complexity index is 724. The molecule has 0 aliphatic carbocycles. The number of halogens is 3. The number of alkyl halides is 3. The molecule has 0 saturated carbocycles. The fourth-order valence-corrected chi connectivity index (χ4v) is 4.10. The highest BCUT2D eigenvalue weighted by Gasteiger charge is 2.52. The van der Waals surface area contributed by atoms with E-state index >= 15 is 0 Å². The highest BCUT2D eigenvalue weighted by molar-refractivity contribution is 5.89. The number of rotatable bonds is 3. The molecule has 0 unspecified atom stereocenters. The van der Waals surface area contributed by atoms with Gasteiger partial charge in [0.1, 0.15) is 6.10 Å². The number of benzene rings is 1. The highest BCUT2D eigenvalue weighted by atomic mass is 19.4. The summed E-state index contributed by atoms with van der Waals surface area (Å²) >= 11 is 0. The molecule has 2 bridgehead atoms. The molecule has 0 spiro atoms. The van der Waals surface area contributed by atoms with E-state index in [1.165, 1.54) is 12.1 Å². The summed E-state index contributed by atoms with van der Waals surface area (Å²) in [4.78, 5) is 14.5. The van der Waals surface area contributed by atoms with Crippen molar-refractivity contribution in [2.75, 3.05) is 25.0 Å². The molecule has 1 aromatic rings. The standard InChI is InChI=1S/C18H22F3N3O4/c19-18(20,21)10-4-3-5-11(8-10)22-17(26)23-13-12-9-27-16(28-12)14(15(13)25)24-6-1-2-7-24/h3-5,8,12-16,25H,1-2,6-7,9H2,(H2,22,23,26)/t12-,13-,14-,15+,16-/m1/s1. The maximum atomic E-state index is 12.8. The molecule has 2 amide bonds. The van der Waals surface area contributed by atoms with Gasteiger partial charge in [0.2, 0.25) is 0 Å². The van der Waals surface area contributed by atoms with Crippen molar-refractivity contribution in [1.82, 2.24) is 10.2 Å². The van der Waals surface area contributed by atoms with Gasteiger partial charge in [0.15, 0.2) is 6.29 Å². The topological polar surface area (TPSA) is 83.1 Å². The fraction of sp³-hybridized carbons (Fsp3) is 0.611. The lowest BCUT2D eigenvalue weighted by molar-refractivity contribution is -0.177. The van der Waals surface area contributed by atoms with Crippen LogP contribution in [-0.2, 0) is 15.7 Å². The minimum atomic E-state index is -4.50. The number of amides is 2. The number of fused-ring (bicyclic) bond motifs is 2. The first-order valence-corrected chi connectivity index (χ1v) is 9.27. The van der Waals surface area contributed by atoms with Gasteiger partial charge in [-0.2, -0.15) is 13.2 Å². The molecule has 10 heteroatoms. The van der Waals surface area contributed by atoms with Crippen molar-refractivity contribution in [3.63, 3.8) is 0 Å². The number of urea groups is 1. The number of anilines is 1. The van der Waals surface area contributed by atoms with Crippen LogP contribution in [0, 0.1) is 0 Å². The fourth-order valence-electron chi connectivity index (χ4n) is 4.10. The molecule has 7 nitrogen and oxygen atoms in total. The Kier molecular flexibility index (Phi) is 5.21. The molecule has 3 aliphatic rings. The summed E-state index contributed by atoms with van der Waals surface area (Å²) in [5, 5.41) is 15.9. The lowest BCUT2D eigenvalue weighted by atomic mass is 9.95. The molecule has 3 heterocycles. The molecule has 1 aromatic carbocycles. The molecule has 3 N–H and O–H groups in total. The molecule has 28 heavy (non-hydrogen) atoms. The normalized spacial score (nSPS) is 33.1. The average Bonchev–Trinajstić information content (AvgIpc) is 3.30. The minimum Gasteiger partial charge on any atom is -0.389 e. The maximum Gasteiger partial charge on any atom is 0.416 e.